The Labute approximate surface area is 152 Å². The number of rotatable bonds is 3. The second-order valence-electron chi connectivity index (χ2n) is 6.65. The van der Waals surface area contributed by atoms with Crippen molar-refractivity contribution >= 4 is 28.4 Å². The fourth-order valence-electron chi connectivity index (χ4n) is 3.17. The van der Waals surface area contributed by atoms with Crippen LogP contribution in [0, 0.1) is 13.8 Å². The molecule has 1 N–H and O–H groups in total. The number of hydrogen-bond acceptors (Lipinski definition) is 5. The molecular weight excluding hydrogens is 326 g/mol. The molecule has 6 nitrogen and oxygen atoms in total. The molecule has 3 heterocycles. The Hall–Kier alpha value is -3.02. The van der Waals surface area contributed by atoms with Crippen molar-refractivity contribution in [2.45, 2.75) is 26.7 Å². The third-order valence-electron chi connectivity index (χ3n) is 4.77. The van der Waals surface area contributed by atoms with Gasteiger partial charge in [0.05, 0.1) is 34.3 Å². The number of anilines is 2. The summed E-state index contributed by atoms with van der Waals surface area (Å²) >= 11 is 0. The van der Waals surface area contributed by atoms with Crippen LogP contribution in [0.3, 0.4) is 0 Å². The quantitative estimate of drug-likeness (QED) is 0.785. The van der Waals surface area contributed by atoms with Gasteiger partial charge in [0.1, 0.15) is 5.82 Å². The Morgan fingerprint density at radius 1 is 1.00 bits per heavy atom. The molecule has 132 valence electrons. The molecule has 2 aromatic heterocycles. The molecular formula is C20H21N5O. The van der Waals surface area contributed by atoms with Gasteiger partial charge in [-0.2, -0.15) is 0 Å². The summed E-state index contributed by atoms with van der Waals surface area (Å²) in [5, 5.41) is 2.90. The fraction of sp³-hybridized carbons (Fsp3) is 0.300. The van der Waals surface area contributed by atoms with Crippen LogP contribution in [0.15, 0.2) is 36.5 Å². The molecule has 1 aliphatic rings. The van der Waals surface area contributed by atoms with Crippen LogP contribution in [0.1, 0.15) is 34.6 Å². The first-order valence-electron chi connectivity index (χ1n) is 8.87. The van der Waals surface area contributed by atoms with Crippen molar-refractivity contribution in [3.8, 4) is 0 Å². The van der Waals surface area contributed by atoms with Crippen molar-refractivity contribution in [2.24, 2.45) is 0 Å². The number of amides is 1. The van der Waals surface area contributed by atoms with Crippen molar-refractivity contribution in [2.75, 3.05) is 23.3 Å². The van der Waals surface area contributed by atoms with Crippen LogP contribution in [0.4, 0.5) is 11.5 Å². The van der Waals surface area contributed by atoms with Crippen LogP contribution in [0.2, 0.25) is 0 Å². The minimum absolute atomic E-state index is 0.178. The average molecular weight is 347 g/mol. The molecule has 26 heavy (non-hydrogen) atoms. The number of hydrogen-bond donors (Lipinski definition) is 1. The lowest BCUT2D eigenvalue weighted by Gasteiger charge is -2.16. The first-order valence-corrected chi connectivity index (χ1v) is 8.87. The Morgan fingerprint density at radius 3 is 2.42 bits per heavy atom. The number of nitrogens with zero attached hydrogens (tertiary/aromatic N) is 4. The van der Waals surface area contributed by atoms with Gasteiger partial charge in [0.25, 0.3) is 5.91 Å². The van der Waals surface area contributed by atoms with Crippen molar-refractivity contribution in [3.63, 3.8) is 0 Å². The molecule has 0 spiro atoms. The van der Waals surface area contributed by atoms with Gasteiger partial charge in [-0.3, -0.25) is 4.79 Å². The Bertz CT molecular complexity index is 962. The molecule has 1 saturated heterocycles. The SMILES string of the molecule is Cc1nc2ccc(C(=O)Nc3ccc(N4CCCC4)nc3)cc2nc1C. The van der Waals surface area contributed by atoms with Gasteiger partial charge in [-0.15, -0.1) is 0 Å². The Morgan fingerprint density at radius 2 is 1.73 bits per heavy atom. The second kappa shape index (κ2) is 6.71. The summed E-state index contributed by atoms with van der Waals surface area (Å²) in [6.07, 6.45) is 4.13. The highest BCUT2D eigenvalue weighted by molar-refractivity contribution is 6.05. The molecule has 0 radical (unpaired) electrons. The number of benzene rings is 1. The van der Waals surface area contributed by atoms with E-state index in [0.717, 1.165) is 41.3 Å². The van der Waals surface area contributed by atoms with Gasteiger partial charge in [-0.25, -0.2) is 15.0 Å². The number of aromatic nitrogens is 3. The number of aryl methyl sites for hydroxylation is 2. The molecule has 3 aromatic rings. The van der Waals surface area contributed by atoms with E-state index in [1.54, 1.807) is 18.3 Å². The molecule has 1 aliphatic heterocycles. The number of carbonyl (C=O) groups is 1. The average Bonchev–Trinajstić information content (AvgIpc) is 3.17. The number of nitrogens with one attached hydrogen (secondary N) is 1. The zero-order valence-electron chi connectivity index (χ0n) is 15.0. The molecule has 6 heteroatoms. The highest BCUT2D eigenvalue weighted by Gasteiger charge is 2.14. The van der Waals surface area contributed by atoms with Gasteiger partial charge in [-0.05, 0) is 57.0 Å². The van der Waals surface area contributed by atoms with E-state index in [1.807, 2.05) is 32.0 Å². The summed E-state index contributed by atoms with van der Waals surface area (Å²) < 4.78 is 0. The topological polar surface area (TPSA) is 71.0 Å². The predicted molar refractivity (Wildman–Crippen MR) is 103 cm³/mol. The summed E-state index contributed by atoms with van der Waals surface area (Å²) in [6.45, 7) is 5.95. The lowest BCUT2D eigenvalue weighted by atomic mass is 10.1. The van der Waals surface area contributed by atoms with Gasteiger partial charge in [0.15, 0.2) is 0 Å². The third-order valence-corrected chi connectivity index (χ3v) is 4.77. The molecule has 0 aliphatic carbocycles. The number of fused-ring (bicyclic) bond motifs is 1. The molecule has 0 unspecified atom stereocenters. The molecule has 4 rings (SSSR count). The lowest BCUT2D eigenvalue weighted by Crippen LogP contribution is -2.19. The van der Waals surface area contributed by atoms with E-state index in [4.69, 9.17) is 0 Å². The number of carbonyl (C=O) groups excluding carboxylic acids is 1. The van der Waals surface area contributed by atoms with E-state index in [0.29, 0.717) is 11.3 Å². The smallest absolute Gasteiger partial charge is 0.255 e. The van der Waals surface area contributed by atoms with E-state index < -0.39 is 0 Å². The van der Waals surface area contributed by atoms with E-state index in [1.165, 1.54) is 12.8 Å². The van der Waals surface area contributed by atoms with Gasteiger partial charge >= 0.3 is 0 Å². The Balaban J connectivity index is 1.52. The molecule has 1 amide bonds. The van der Waals surface area contributed by atoms with Gasteiger partial charge in [0.2, 0.25) is 0 Å². The van der Waals surface area contributed by atoms with Crippen molar-refractivity contribution in [3.05, 3.63) is 53.5 Å². The van der Waals surface area contributed by atoms with Crippen LogP contribution >= 0.6 is 0 Å². The minimum atomic E-state index is -0.178. The summed E-state index contributed by atoms with van der Waals surface area (Å²) in [4.78, 5) is 28.3. The van der Waals surface area contributed by atoms with E-state index in [9.17, 15) is 4.79 Å². The molecule has 1 aromatic carbocycles. The zero-order chi connectivity index (χ0) is 18.1. The van der Waals surface area contributed by atoms with Gasteiger partial charge < -0.3 is 10.2 Å². The molecule has 1 fully saturated rings. The van der Waals surface area contributed by atoms with Crippen molar-refractivity contribution in [1.82, 2.24) is 15.0 Å². The maximum atomic E-state index is 12.6. The normalized spacial score (nSPS) is 14.0. The monoisotopic (exact) mass is 347 g/mol. The van der Waals surface area contributed by atoms with Crippen molar-refractivity contribution < 1.29 is 4.79 Å². The largest absolute Gasteiger partial charge is 0.357 e. The van der Waals surface area contributed by atoms with Crippen LogP contribution in [0.5, 0.6) is 0 Å². The molecule has 0 atom stereocenters. The van der Waals surface area contributed by atoms with E-state index in [-0.39, 0.29) is 5.91 Å². The van der Waals surface area contributed by atoms with Crippen molar-refractivity contribution in [1.29, 1.82) is 0 Å². The Kier molecular flexibility index (Phi) is 4.24. The highest BCUT2D eigenvalue weighted by Crippen LogP contribution is 2.20. The third kappa shape index (κ3) is 3.22. The van der Waals surface area contributed by atoms with Crippen LogP contribution in [-0.4, -0.2) is 33.9 Å². The minimum Gasteiger partial charge on any atom is -0.357 e. The summed E-state index contributed by atoms with van der Waals surface area (Å²) in [5.41, 5.74) is 4.53. The second-order valence-corrected chi connectivity index (χ2v) is 6.65. The maximum absolute atomic E-state index is 12.6. The first kappa shape index (κ1) is 16.4. The molecule has 0 bridgehead atoms. The van der Waals surface area contributed by atoms with Crippen LogP contribution in [-0.2, 0) is 0 Å². The zero-order valence-corrected chi connectivity index (χ0v) is 15.0. The van der Waals surface area contributed by atoms with Gasteiger partial charge in [-0.1, -0.05) is 0 Å². The maximum Gasteiger partial charge on any atom is 0.255 e. The fourth-order valence-corrected chi connectivity index (χ4v) is 3.17. The van der Waals surface area contributed by atoms with E-state index >= 15 is 0 Å². The van der Waals surface area contributed by atoms with Gasteiger partial charge in [0, 0.05) is 18.7 Å². The summed E-state index contributed by atoms with van der Waals surface area (Å²) in [7, 11) is 0. The summed E-state index contributed by atoms with van der Waals surface area (Å²) in [5.74, 6) is 0.787. The number of pyridine rings is 1. The van der Waals surface area contributed by atoms with Crippen LogP contribution in [0.25, 0.3) is 11.0 Å². The highest BCUT2D eigenvalue weighted by atomic mass is 16.1. The van der Waals surface area contributed by atoms with Crippen LogP contribution < -0.4 is 10.2 Å². The molecule has 0 saturated carbocycles. The standard InChI is InChI=1S/C20H21N5O/c1-13-14(2)23-18-11-15(5-7-17(18)22-13)20(26)24-16-6-8-19(21-12-16)25-9-3-4-10-25/h5-8,11-12H,3-4,9-10H2,1-2H3,(H,24,26). The lowest BCUT2D eigenvalue weighted by molar-refractivity contribution is 0.102. The summed E-state index contributed by atoms with van der Waals surface area (Å²) in [6, 6.07) is 9.23. The van der Waals surface area contributed by atoms with E-state index in [2.05, 4.69) is 25.2 Å². The first-order chi connectivity index (χ1) is 12.6. The predicted octanol–water partition coefficient (Wildman–Crippen LogP) is 3.49.